The molecule has 0 aliphatic heterocycles. The normalized spacial score (nSPS) is 10.7. The van der Waals surface area contributed by atoms with Crippen molar-refractivity contribution in [2.75, 3.05) is 0 Å². The SMILES string of the molecule is NC(=O)c1ccn2cc(-c3ccccc3)cc2c1. The molecule has 2 heterocycles. The first-order valence-corrected chi connectivity index (χ1v) is 5.71. The fourth-order valence-electron chi connectivity index (χ4n) is 2.05. The maximum absolute atomic E-state index is 11.1. The molecule has 0 fully saturated rings. The van der Waals surface area contributed by atoms with Gasteiger partial charge in [-0.2, -0.15) is 0 Å². The second-order valence-electron chi connectivity index (χ2n) is 4.21. The van der Waals surface area contributed by atoms with Crippen LogP contribution in [0.4, 0.5) is 0 Å². The molecule has 88 valence electrons. The Morgan fingerprint density at radius 2 is 1.78 bits per heavy atom. The summed E-state index contributed by atoms with van der Waals surface area (Å²) in [7, 11) is 0. The third-order valence-electron chi connectivity index (χ3n) is 2.99. The summed E-state index contributed by atoms with van der Waals surface area (Å²) in [6.45, 7) is 0. The van der Waals surface area contributed by atoms with Gasteiger partial charge >= 0.3 is 0 Å². The van der Waals surface area contributed by atoms with Crippen LogP contribution in [0.1, 0.15) is 10.4 Å². The number of primary amides is 1. The van der Waals surface area contributed by atoms with Gasteiger partial charge in [0.1, 0.15) is 0 Å². The lowest BCUT2D eigenvalue weighted by atomic mass is 10.1. The van der Waals surface area contributed by atoms with E-state index in [9.17, 15) is 4.79 Å². The zero-order valence-corrected chi connectivity index (χ0v) is 9.71. The molecule has 2 N–H and O–H groups in total. The lowest BCUT2D eigenvalue weighted by molar-refractivity contribution is 0.100. The van der Waals surface area contributed by atoms with Crippen LogP contribution in [-0.2, 0) is 0 Å². The van der Waals surface area contributed by atoms with Gasteiger partial charge in [0, 0.05) is 29.0 Å². The van der Waals surface area contributed by atoms with E-state index in [1.54, 1.807) is 12.1 Å². The number of hydrogen-bond acceptors (Lipinski definition) is 1. The van der Waals surface area contributed by atoms with Crippen LogP contribution in [0, 0.1) is 0 Å². The minimum Gasteiger partial charge on any atom is -0.366 e. The van der Waals surface area contributed by atoms with Crippen molar-refractivity contribution in [3.63, 3.8) is 0 Å². The summed E-state index contributed by atoms with van der Waals surface area (Å²) in [5.41, 5.74) is 9.04. The molecule has 0 atom stereocenters. The quantitative estimate of drug-likeness (QED) is 0.730. The van der Waals surface area contributed by atoms with Crippen molar-refractivity contribution >= 4 is 11.4 Å². The number of amides is 1. The van der Waals surface area contributed by atoms with Crippen molar-refractivity contribution in [3.05, 3.63) is 66.5 Å². The molecule has 0 bridgehead atoms. The number of carbonyl (C=O) groups is 1. The van der Waals surface area contributed by atoms with E-state index in [1.165, 1.54) is 0 Å². The second kappa shape index (κ2) is 4.04. The average molecular weight is 236 g/mol. The van der Waals surface area contributed by atoms with Gasteiger partial charge in [0.05, 0.1) is 0 Å². The Morgan fingerprint density at radius 1 is 1.00 bits per heavy atom. The van der Waals surface area contributed by atoms with Gasteiger partial charge in [-0.15, -0.1) is 0 Å². The Labute approximate surface area is 104 Å². The molecular weight excluding hydrogens is 224 g/mol. The summed E-state index contributed by atoms with van der Waals surface area (Å²) in [6, 6.07) is 15.7. The number of hydrogen-bond donors (Lipinski definition) is 1. The molecule has 1 amide bonds. The number of aromatic nitrogens is 1. The number of nitrogens with zero attached hydrogens (tertiary/aromatic N) is 1. The molecule has 2 aromatic heterocycles. The predicted octanol–water partition coefficient (Wildman–Crippen LogP) is 2.71. The van der Waals surface area contributed by atoms with Crippen LogP contribution in [0.3, 0.4) is 0 Å². The summed E-state index contributed by atoms with van der Waals surface area (Å²) in [6.07, 6.45) is 3.89. The van der Waals surface area contributed by atoms with Gasteiger partial charge in [-0.25, -0.2) is 0 Å². The standard InChI is InChI=1S/C15H12N2O/c16-15(18)12-6-7-17-10-13(9-14(17)8-12)11-4-2-1-3-5-11/h1-10H,(H2,16,18). The van der Waals surface area contributed by atoms with Crippen LogP contribution in [0.15, 0.2) is 60.9 Å². The van der Waals surface area contributed by atoms with E-state index in [2.05, 4.69) is 12.1 Å². The Bertz CT molecular complexity index is 714. The van der Waals surface area contributed by atoms with Gasteiger partial charge in [-0.05, 0) is 23.8 Å². The first kappa shape index (κ1) is 10.6. The van der Waals surface area contributed by atoms with Crippen molar-refractivity contribution in [2.24, 2.45) is 5.73 Å². The molecular formula is C15H12N2O. The Morgan fingerprint density at radius 3 is 2.50 bits per heavy atom. The summed E-state index contributed by atoms with van der Waals surface area (Å²) in [5, 5.41) is 0. The van der Waals surface area contributed by atoms with Crippen molar-refractivity contribution in [1.29, 1.82) is 0 Å². The number of fused-ring (bicyclic) bond motifs is 1. The Hall–Kier alpha value is -2.55. The van der Waals surface area contributed by atoms with Gasteiger partial charge in [0.25, 0.3) is 0 Å². The third-order valence-corrected chi connectivity index (χ3v) is 2.99. The van der Waals surface area contributed by atoms with Gasteiger partial charge in [-0.1, -0.05) is 30.3 Å². The van der Waals surface area contributed by atoms with Crippen molar-refractivity contribution < 1.29 is 4.79 Å². The smallest absolute Gasteiger partial charge is 0.248 e. The van der Waals surface area contributed by atoms with Crippen molar-refractivity contribution in [1.82, 2.24) is 4.40 Å². The fraction of sp³-hybridized carbons (Fsp3) is 0. The molecule has 1 aromatic carbocycles. The first-order valence-electron chi connectivity index (χ1n) is 5.71. The van der Waals surface area contributed by atoms with Crippen molar-refractivity contribution in [3.8, 4) is 11.1 Å². The summed E-state index contributed by atoms with van der Waals surface area (Å²) in [4.78, 5) is 11.1. The Balaban J connectivity index is 2.14. The van der Waals surface area contributed by atoms with Crippen LogP contribution >= 0.6 is 0 Å². The van der Waals surface area contributed by atoms with E-state index in [0.29, 0.717) is 5.56 Å². The van der Waals surface area contributed by atoms with Gasteiger partial charge in [0.15, 0.2) is 0 Å². The molecule has 3 aromatic rings. The second-order valence-corrected chi connectivity index (χ2v) is 4.21. The molecule has 3 heteroatoms. The zero-order valence-electron chi connectivity index (χ0n) is 9.71. The monoisotopic (exact) mass is 236 g/mol. The largest absolute Gasteiger partial charge is 0.366 e. The van der Waals surface area contributed by atoms with E-state index >= 15 is 0 Å². The highest BCUT2D eigenvalue weighted by atomic mass is 16.1. The van der Waals surface area contributed by atoms with Crippen LogP contribution in [0.25, 0.3) is 16.6 Å². The van der Waals surface area contributed by atoms with Gasteiger partial charge in [-0.3, -0.25) is 4.79 Å². The van der Waals surface area contributed by atoms with Gasteiger partial charge < -0.3 is 10.1 Å². The topological polar surface area (TPSA) is 47.5 Å². The third kappa shape index (κ3) is 1.76. The highest BCUT2D eigenvalue weighted by Crippen LogP contribution is 2.22. The van der Waals surface area contributed by atoms with E-state index < -0.39 is 5.91 Å². The average Bonchev–Trinajstić information content (AvgIpc) is 2.82. The number of rotatable bonds is 2. The molecule has 3 nitrogen and oxygen atoms in total. The lowest BCUT2D eigenvalue weighted by Crippen LogP contribution is -2.10. The number of pyridine rings is 1. The van der Waals surface area contributed by atoms with E-state index in [4.69, 9.17) is 5.73 Å². The minimum atomic E-state index is -0.403. The van der Waals surface area contributed by atoms with Crippen molar-refractivity contribution in [2.45, 2.75) is 0 Å². The summed E-state index contributed by atoms with van der Waals surface area (Å²) < 4.78 is 1.98. The molecule has 0 spiro atoms. The zero-order chi connectivity index (χ0) is 12.5. The van der Waals surface area contributed by atoms with Gasteiger partial charge in [0.2, 0.25) is 5.91 Å². The predicted molar refractivity (Wildman–Crippen MR) is 71.4 cm³/mol. The molecule has 0 saturated heterocycles. The highest BCUT2D eigenvalue weighted by molar-refractivity contribution is 5.94. The van der Waals surface area contributed by atoms with Crippen LogP contribution in [0.5, 0.6) is 0 Å². The molecule has 0 aliphatic carbocycles. The minimum absolute atomic E-state index is 0.403. The lowest BCUT2D eigenvalue weighted by Gasteiger charge is -1.96. The van der Waals surface area contributed by atoms with E-state index in [-0.39, 0.29) is 0 Å². The molecule has 18 heavy (non-hydrogen) atoms. The van der Waals surface area contributed by atoms with Crippen LogP contribution in [0.2, 0.25) is 0 Å². The summed E-state index contributed by atoms with van der Waals surface area (Å²) >= 11 is 0. The molecule has 3 rings (SSSR count). The maximum atomic E-state index is 11.1. The fourth-order valence-corrected chi connectivity index (χ4v) is 2.05. The van der Waals surface area contributed by atoms with Crippen LogP contribution in [-0.4, -0.2) is 10.3 Å². The molecule has 0 radical (unpaired) electrons. The number of benzene rings is 1. The van der Waals surface area contributed by atoms with Crippen LogP contribution < -0.4 is 5.73 Å². The van der Waals surface area contributed by atoms with E-state index in [0.717, 1.165) is 16.6 Å². The number of carbonyl (C=O) groups excluding carboxylic acids is 1. The van der Waals surface area contributed by atoms with E-state index in [1.807, 2.05) is 41.1 Å². The highest BCUT2D eigenvalue weighted by Gasteiger charge is 2.05. The summed E-state index contributed by atoms with van der Waals surface area (Å²) in [5.74, 6) is -0.403. The molecule has 0 aliphatic rings. The maximum Gasteiger partial charge on any atom is 0.248 e. The molecule has 0 unspecified atom stereocenters. The Kier molecular flexibility index (Phi) is 2.38. The molecule has 0 saturated carbocycles. The first-order chi connectivity index (χ1) is 8.74. The number of nitrogens with two attached hydrogens (primary N) is 1.